The number of hydrogen-bond acceptors (Lipinski definition) is 4. The Kier molecular flexibility index (Phi) is 3.54. The summed E-state index contributed by atoms with van der Waals surface area (Å²) in [4.78, 5) is 14.8. The molecule has 0 unspecified atom stereocenters. The number of rotatable bonds is 4. The number of pyridine rings is 1. The number of aromatic nitrogens is 1. The van der Waals surface area contributed by atoms with Crippen LogP contribution in [0.5, 0.6) is 11.6 Å². The van der Waals surface area contributed by atoms with Gasteiger partial charge < -0.3 is 9.47 Å². The summed E-state index contributed by atoms with van der Waals surface area (Å²) < 4.78 is 34.0. The zero-order valence-corrected chi connectivity index (χ0v) is 8.16. The minimum absolute atomic E-state index is 0.0205. The molecule has 0 radical (unpaired) electrons. The Hall–Kier alpha value is -1.72. The van der Waals surface area contributed by atoms with E-state index in [0.29, 0.717) is 0 Å². The number of carbonyl (C=O) groups excluding carboxylic acids is 1. The van der Waals surface area contributed by atoms with Crippen LogP contribution >= 0.6 is 0 Å². The quantitative estimate of drug-likeness (QED) is 0.718. The van der Waals surface area contributed by atoms with Gasteiger partial charge in [-0.3, -0.25) is 4.79 Å². The van der Waals surface area contributed by atoms with E-state index in [2.05, 4.69) is 4.98 Å². The van der Waals surface area contributed by atoms with Crippen LogP contribution < -0.4 is 9.47 Å². The first-order chi connectivity index (χ1) is 7.11. The molecule has 0 saturated heterocycles. The summed E-state index contributed by atoms with van der Waals surface area (Å²) in [5, 5.41) is 0. The Labute approximate surface area is 84.8 Å². The monoisotopic (exact) mass is 217 g/mol. The van der Waals surface area contributed by atoms with Crippen molar-refractivity contribution in [1.29, 1.82) is 0 Å². The van der Waals surface area contributed by atoms with Crippen LogP contribution in [-0.4, -0.2) is 31.4 Å². The van der Waals surface area contributed by atoms with Crippen LogP contribution in [0.2, 0.25) is 0 Å². The fourth-order valence-corrected chi connectivity index (χ4v) is 1.09. The number of ether oxygens (including phenoxy) is 2. The van der Waals surface area contributed by atoms with Gasteiger partial charge in [-0.05, 0) is 6.07 Å². The number of hydrogen-bond donors (Lipinski definition) is 0. The Morgan fingerprint density at radius 1 is 1.40 bits per heavy atom. The third-order valence-corrected chi connectivity index (χ3v) is 1.74. The van der Waals surface area contributed by atoms with Gasteiger partial charge >= 0.3 is 6.43 Å². The molecule has 0 aromatic carbocycles. The van der Waals surface area contributed by atoms with Crippen LogP contribution in [0.4, 0.5) is 8.78 Å². The van der Waals surface area contributed by atoms with E-state index in [1.54, 1.807) is 0 Å². The van der Waals surface area contributed by atoms with Gasteiger partial charge in [-0.1, -0.05) is 0 Å². The number of nitrogens with zero attached hydrogens (tertiary/aromatic N) is 1. The first-order valence-corrected chi connectivity index (χ1v) is 4.01. The van der Waals surface area contributed by atoms with Gasteiger partial charge in [0.25, 0.3) is 0 Å². The molecule has 0 aliphatic carbocycles. The molecule has 1 aromatic rings. The molecule has 82 valence electrons. The van der Waals surface area contributed by atoms with E-state index >= 15 is 0 Å². The SMILES string of the molecule is COc1ccnc(OC)c1C(=O)C(F)F. The number of halogens is 2. The van der Waals surface area contributed by atoms with Crippen LogP contribution in [0, 0.1) is 0 Å². The van der Waals surface area contributed by atoms with Crippen LogP contribution in [0.15, 0.2) is 12.3 Å². The van der Waals surface area contributed by atoms with Gasteiger partial charge in [0, 0.05) is 6.20 Å². The Morgan fingerprint density at radius 2 is 2.07 bits per heavy atom. The highest BCUT2D eigenvalue weighted by molar-refractivity contribution is 6.02. The third-order valence-electron chi connectivity index (χ3n) is 1.74. The number of methoxy groups -OCH3 is 2. The summed E-state index contributed by atoms with van der Waals surface area (Å²) in [6.07, 6.45) is -1.81. The molecule has 0 fully saturated rings. The molecule has 15 heavy (non-hydrogen) atoms. The van der Waals surface area contributed by atoms with E-state index in [1.165, 1.54) is 26.5 Å². The molecule has 0 bridgehead atoms. The number of ketones is 1. The van der Waals surface area contributed by atoms with E-state index in [1.807, 2.05) is 0 Å². The van der Waals surface area contributed by atoms with Gasteiger partial charge in [-0.2, -0.15) is 0 Å². The normalized spacial score (nSPS) is 10.2. The molecular weight excluding hydrogens is 208 g/mol. The molecule has 0 aliphatic heterocycles. The van der Waals surface area contributed by atoms with Crippen LogP contribution in [0.3, 0.4) is 0 Å². The predicted octanol–water partition coefficient (Wildman–Crippen LogP) is 1.55. The Morgan fingerprint density at radius 3 is 2.53 bits per heavy atom. The highest BCUT2D eigenvalue weighted by Gasteiger charge is 2.26. The first kappa shape index (κ1) is 11.4. The van der Waals surface area contributed by atoms with Crippen LogP contribution in [0.25, 0.3) is 0 Å². The van der Waals surface area contributed by atoms with Crippen LogP contribution in [0.1, 0.15) is 10.4 Å². The van der Waals surface area contributed by atoms with Crippen molar-refractivity contribution in [2.75, 3.05) is 14.2 Å². The van der Waals surface area contributed by atoms with Gasteiger partial charge in [0.1, 0.15) is 11.3 Å². The van der Waals surface area contributed by atoms with Crippen molar-refractivity contribution in [2.45, 2.75) is 6.43 Å². The van der Waals surface area contributed by atoms with Gasteiger partial charge in [0.05, 0.1) is 14.2 Å². The number of alkyl halides is 2. The van der Waals surface area contributed by atoms with Crippen molar-refractivity contribution in [3.63, 3.8) is 0 Å². The molecule has 0 amide bonds. The van der Waals surface area contributed by atoms with E-state index in [4.69, 9.17) is 9.47 Å². The summed E-state index contributed by atoms with van der Waals surface area (Å²) in [6.45, 7) is 0. The van der Waals surface area contributed by atoms with Gasteiger partial charge in [-0.15, -0.1) is 0 Å². The standard InChI is InChI=1S/C9H9F2NO3/c1-14-5-3-4-12-9(15-2)6(5)7(13)8(10)11/h3-4,8H,1-2H3. The molecular formula is C9H9F2NO3. The van der Waals surface area contributed by atoms with Crippen molar-refractivity contribution < 1.29 is 23.0 Å². The summed E-state index contributed by atoms with van der Waals surface area (Å²) >= 11 is 0. The molecule has 6 heteroatoms. The lowest BCUT2D eigenvalue weighted by Gasteiger charge is -2.09. The van der Waals surface area contributed by atoms with Crippen molar-refractivity contribution in [1.82, 2.24) is 4.98 Å². The highest BCUT2D eigenvalue weighted by atomic mass is 19.3. The maximum atomic E-state index is 12.3. The molecule has 4 nitrogen and oxygen atoms in total. The van der Waals surface area contributed by atoms with Crippen LogP contribution in [-0.2, 0) is 0 Å². The van der Waals surface area contributed by atoms with E-state index < -0.39 is 12.2 Å². The second-order valence-corrected chi connectivity index (χ2v) is 2.56. The lowest BCUT2D eigenvalue weighted by atomic mass is 10.1. The van der Waals surface area contributed by atoms with Gasteiger partial charge in [-0.25, -0.2) is 13.8 Å². The Balaban J connectivity index is 3.28. The first-order valence-electron chi connectivity index (χ1n) is 4.01. The number of carbonyl (C=O) groups is 1. The minimum atomic E-state index is -3.11. The summed E-state index contributed by atoms with van der Waals surface area (Å²) in [5.74, 6) is -1.51. The van der Waals surface area contributed by atoms with E-state index in [0.717, 1.165) is 0 Å². The summed E-state index contributed by atoms with van der Waals surface area (Å²) in [5.41, 5.74) is -0.336. The molecule has 1 rings (SSSR count). The maximum Gasteiger partial charge on any atom is 0.300 e. The van der Waals surface area contributed by atoms with Crippen molar-refractivity contribution in [2.24, 2.45) is 0 Å². The molecule has 1 heterocycles. The van der Waals surface area contributed by atoms with E-state index in [9.17, 15) is 13.6 Å². The third kappa shape index (κ3) is 2.20. The molecule has 1 aromatic heterocycles. The highest BCUT2D eigenvalue weighted by Crippen LogP contribution is 2.27. The molecule has 0 atom stereocenters. The van der Waals surface area contributed by atoms with Crippen molar-refractivity contribution in [3.8, 4) is 11.6 Å². The van der Waals surface area contributed by atoms with Crippen molar-refractivity contribution in [3.05, 3.63) is 17.8 Å². The summed E-state index contributed by atoms with van der Waals surface area (Å²) in [6, 6.07) is 1.32. The maximum absolute atomic E-state index is 12.3. The molecule has 0 N–H and O–H groups in total. The molecule has 0 spiro atoms. The predicted molar refractivity (Wildman–Crippen MR) is 47.7 cm³/mol. The average Bonchev–Trinajstić information content (AvgIpc) is 2.26. The lowest BCUT2D eigenvalue weighted by Crippen LogP contribution is -2.13. The smallest absolute Gasteiger partial charge is 0.300 e. The topological polar surface area (TPSA) is 48.4 Å². The average molecular weight is 217 g/mol. The largest absolute Gasteiger partial charge is 0.496 e. The van der Waals surface area contributed by atoms with Gasteiger partial charge in [0.2, 0.25) is 11.7 Å². The molecule has 0 saturated carbocycles. The number of Topliss-reactive ketones (excluding diaryl/α,β-unsaturated/α-hetero) is 1. The van der Waals surface area contributed by atoms with Crippen molar-refractivity contribution >= 4 is 5.78 Å². The summed E-state index contributed by atoms with van der Waals surface area (Å²) in [7, 11) is 2.51. The molecule has 0 aliphatic rings. The minimum Gasteiger partial charge on any atom is -0.496 e. The fraction of sp³-hybridized carbons (Fsp3) is 0.333. The second kappa shape index (κ2) is 4.68. The lowest BCUT2D eigenvalue weighted by molar-refractivity contribution is 0.0671. The van der Waals surface area contributed by atoms with E-state index in [-0.39, 0.29) is 17.2 Å². The zero-order valence-electron chi connectivity index (χ0n) is 8.16. The van der Waals surface area contributed by atoms with Gasteiger partial charge in [0.15, 0.2) is 0 Å². The zero-order chi connectivity index (χ0) is 11.4. The second-order valence-electron chi connectivity index (χ2n) is 2.56. The fourth-order valence-electron chi connectivity index (χ4n) is 1.09. The Bertz CT molecular complexity index is 346.